The normalized spacial score (nSPS) is 13.4. The Morgan fingerprint density at radius 1 is 1.50 bits per heavy atom. The molecule has 6 heteroatoms. The van der Waals surface area contributed by atoms with Gasteiger partial charge in [0.1, 0.15) is 11.9 Å². The number of hydrogen-bond acceptors (Lipinski definition) is 5. The number of benzene rings is 1. The maximum Gasteiger partial charge on any atom is 0.307 e. The van der Waals surface area contributed by atoms with E-state index in [1.807, 2.05) is 0 Å². The Hall–Kier alpha value is -2.10. The lowest BCUT2D eigenvalue weighted by Gasteiger charge is -2.16. The van der Waals surface area contributed by atoms with E-state index in [0.717, 1.165) is 0 Å². The number of methoxy groups -OCH3 is 1. The van der Waals surface area contributed by atoms with Crippen molar-refractivity contribution in [3.05, 3.63) is 29.3 Å². The van der Waals surface area contributed by atoms with E-state index in [2.05, 4.69) is 0 Å². The monoisotopic (exact) mass is 251 g/mol. The van der Waals surface area contributed by atoms with Gasteiger partial charge in [-0.2, -0.15) is 5.26 Å². The van der Waals surface area contributed by atoms with Gasteiger partial charge in [-0.15, -0.1) is 0 Å². The smallest absolute Gasteiger partial charge is 0.307 e. The van der Waals surface area contributed by atoms with Crippen LogP contribution in [0.15, 0.2) is 18.2 Å². The van der Waals surface area contributed by atoms with Crippen molar-refractivity contribution in [2.24, 2.45) is 0 Å². The van der Waals surface area contributed by atoms with Gasteiger partial charge in [-0.3, -0.25) is 4.79 Å². The molecule has 3 N–H and O–H groups in total. The minimum atomic E-state index is -1.60. The highest BCUT2D eigenvalue weighted by Crippen LogP contribution is 2.28. The van der Waals surface area contributed by atoms with Crippen LogP contribution < -0.4 is 4.74 Å². The Morgan fingerprint density at radius 2 is 2.17 bits per heavy atom. The van der Waals surface area contributed by atoms with Gasteiger partial charge >= 0.3 is 5.97 Å². The van der Waals surface area contributed by atoms with Gasteiger partial charge in [-0.25, -0.2) is 0 Å². The first kappa shape index (κ1) is 14.0. The van der Waals surface area contributed by atoms with Gasteiger partial charge < -0.3 is 20.1 Å². The molecule has 2 unspecified atom stereocenters. The number of rotatable bonds is 5. The maximum absolute atomic E-state index is 10.6. The fourth-order valence-electron chi connectivity index (χ4n) is 1.54. The largest absolute Gasteiger partial charge is 0.496 e. The minimum absolute atomic E-state index is 0.185. The summed E-state index contributed by atoms with van der Waals surface area (Å²) in [5.74, 6) is -0.729. The first-order valence-corrected chi connectivity index (χ1v) is 5.14. The molecule has 0 fully saturated rings. The van der Waals surface area contributed by atoms with Crippen molar-refractivity contribution in [3.8, 4) is 11.8 Å². The fraction of sp³-hybridized carbons (Fsp3) is 0.333. The molecule has 0 aromatic heterocycles. The molecule has 0 bridgehead atoms. The zero-order valence-electron chi connectivity index (χ0n) is 9.70. The van der Waals surface area contributed by atoms with Crippen molar-refractivity contribution in [1.82, 2.24) is 0 Å². The van der Waals surface area contributed by atoms with Crippen molar-refractivity contribution in [3.63, 3.8) is 0 Å². The summed E-state index contributed by atoms with van der Waals surface area (Å²) in [5.41, 5.74) is 0.632. The second-order valence-corrected chi connectivity index (χ2v) is 3.67. The highest BCUT2D eigenvalue weighted by Gasteiger charge is 2.22. The molecule has 0 spiro atoms. The standard InChI is InChI=1S/C12H13NO5/c1-18-10-3-2-7(5-11(15)16)4-8(10)12(17)9(14)6-13/h2-4,9,12,14,17H,5H2,1H3,(H,15,16). The van der Waals surface area contributed by atoms with Gasteiger partial charge in [0.05, 0.1) is 19.6 Å². The first-order valence-electron chi connectivity index (χ1n) is 5.14. The number of aliphatic hydroxyl groups is 2. The van der Waals surface area contributed by atoms with Crippen molar-refractivity contribution in [1.29, 1.82) is 5.26 Å². The predicted octanol–water partition coefficient (Wildman–Crippen LogP) is 0.240. The summed E-state index contributed by atoms with van der Waals surface area (Å²) in [6, 6.07) is 5.94. The molecule has 2 atom stereocenters. The van der Waals surface area contributed by atoms with E-state index in [4.69, 9.17) is 15.1 Å². The Kier molecular flexibility index (Phi) is 4.66. The number of carboxylic acid groups (broad SMARTS) is 1. The lowest BCUT2D eigenvalue weighted by molar-refractivity contribution is -0.136. The Balaban J connectivity index is 3.14. The average molecular weight is 251 g/mol. The van der Waals surface area contributed by atoms with Crippen LogP contribution in [-0.4, -0.2) is 34.5 Å². The first-order chi connectivity index (χ1) is 8.49. The lowest BCUT2D eigenvalue weighted by Crippen LogP contribution is -2.17. The fourth-order valence-corrected chi connectivity index (χ4v) is 1.54. The molecule has 6 nitrogen and oxygen atoms in total. The number of ether oxygens (including phenoxy) is 1. The van der Waals surface area contributed by atoms with Gasteiger partial charge in [0.2, 0.25) is 0 Å². The maximum atomic E-state index is 10.6. The molecule has 0 aliphatic rings. The third-order valence-electron chi connectivity index (χ3n) is 2.40. The number of hydrogen-bond donors (Lipinski definition) is 3. The zero-order chi connectivity index (χ0) is 13.7. The van der Waals surface area contributed by atoms with Crippen LogP contribution in [0.1, 0.15) is 17.2 Å². The van der Waals surface area contributed by atoms with E-state index in [0.29, 0.717) is 5.56 Å². The molecule has 1 aromatic carbocycles. The molecule has 1 rings (SSSR count). The van der Waals surface area contributed by atoms with Crippen LogP contribution in [0.5, 0.6) is 5.75 Å². The summed E-state index contributed by atoms with van der Waals surface area (Å²) < 4.78 is 4.99. The van der Waals surface area contributed by atoms with Crippen LogP contribution >= 0.6 is 0 Å². The van der Waals surface area contributed by atoms with Crippen LogP contribution in [0, 0.1) is 11.3 Å². The molecule has 1 aromatic rings. The highest BCUT2D eigenvalue weighted by molar-refractivity contribution is 5.70. The average Bonchev–Trinajstić information content (AvgIpc) is 2.36. The van der Waals surface area contributed by atoms with E-state index < -0.39 is 18.2 Å². The summed E-state index contributed by atoms with van der Waals surface area (Å²) in [7, 11) is 1.38. The van der Waals surface area contributed by atoms with Crippen LogP contribution in [0.25, 0.3) is 0 Å². The molecule has 0 heterocycles. The van der Waals surface area contributed by atoms with Gasteiger partial charge in [0, 0.05) is 5.56 Å². The molecular weight excluding hydrogens is 238 g/mol. The third-order valence-corrected chi connectivity index (χ3v) is 2.40. The highest BCUT2D eigenvalue weighted by atomic mass is 16.5. The number of nitrogens with zero attached hydrogens (tertiary/aromatic N) is 1. The number of aliphatic hydroxyl groups excluding tert-OH is 2. The topological polar surface area (TPSA) is 111 Å². The van der Waals surface area contributed by atoms with E-state index in [1.54, 1.807) is 6.07 Å². The molecular formula is C12H13NO5. The van der Waals surface area contributed by atoms with Crippen LogP contribution in [0.3, 0.4) is 0 Å². The predicted molar refractivity (Wildman–Crippen MR) is 60.9 cm³/mol. The van der Waals surface area contributed by atoms with Gasteiger partial charge in [0.25, 0.3) is 0 Å². The van der Waals surface area contributed by atoms with Crippen LogP contribution in [0.4, 0.5) is 0 Å². The summed E-state index contributed by atoms with van der Waals surface area (Å²) in [5, 5.41) is 36.3. The van der Waals surface area contributed by atoms with E-state index in [9.17, 15) is 15.0 Å². The second kappa shape index (κ2) is 6.00. The summed E-state index contributed by atoms with van der Waals surface area (Å²) in [4.78, 5) is 10.6. The summed E-state index contributed by atoms with van der Waals surface area (Å²) in [6.07, 6.45) is -3.26. The Labute approximate surface area is 104 Å². The van der Waals surface area contributed by atoms with E-state index in [-0.39, 0.29) is 17.7 Å². The SMILES string of the molecule is COc1ccc(CC(=O)O)cc1C(O)C(O)C#N. The van der Waals surface area contributed by atoms with Crippen LogP contribution in [-0.2, 0) is 11.2 Å². The van der Waals surface area contributed by atoms with E-state index >= 15 is 0 Å². The second-order valence-electron chi connectivity index (χ2n) is 3.67. The van der Waals surface area contributed by atoms with Gasteiger partial charge in [-0.05, 0) is 17.7 Å². The molecule has 0 saturated carbocycles. The molecule has 96 valence electrons. The summed E-state index contributed by atoms with van der Waals surface area (Å²) >= 11 is 0. The van der Waals surface area contributed by atoms with Crippen molar-refractivity contribution < 1.29 is 24.9 Å². The quantitative estimate of drug-likeness (QED) is 0.646. The molecule has 0 aliphatic carbocycles. The Bertz CT molecular complexity index is 480. The van der Waals surface area contributed by atoms with Crippen molar-refractivity contribution in [2.45, 2.75) is 18.6 Å². The van der Waals surface area contributed by atoms with Gasteiger partial charge in [-0.1, -0.05) is 6.07 Å². The molecule has 0 saturated heterocycles. The molecule has 18 heavy (non-hydrogen) atoms. The minimum Gasteiger partial charge on any atom is -0.496 e. The summed E-state index contributed by atoms with van der Waals surface area (Å²) in [6.45, 7) is 0. The van der Waals surface area contributed by atoms with E-state index in [1.165, 1.54) is 25.3 Å². The van der Waals surface area contributed by atoms with Crippen LogP contribution in [0.2, 0.25) is 0 Å². The Morgan fingerprint density at radius 3 is 2.67 bits per heavy atom. The molecule has 0 amide bonds. The lowest BCUT2D eigenvalue weighted by atomic mass is 10.00. The molecule has 0 aliphatic heterocycles. The third kappa shape index (κ3) is 3.20. The van der Waals surface area contributed by atoms with Crippen molar-refractivity contribution in [2.75, 3.05) is 7.11 Å². The molecule has 0 radical (unpaired) electrons. The number of nitriles is 1. The zero-order valence-corrected chi connectivity index (χ0v) is 9.70. The van der Waals surface area contributed by atoms with Crippen molar-refractivity contribution >= 4 is 5.97 Å². The van der Waals surface area contributed by atoms with Gasteiger partial charge in [0.15, 0.2) is 6.10 Å². The number of carboxylic acids is 1. The number of carbonyl (C=O) groups is 1. The number of aliphatic carboxylic acids is 1.